The summed E-state index contributed by atoms with van der Waals surface area (Å²) in [6.45, 7) is 7.58. The molecule has 0 saturated heterocycles. The van der Waals surface area contributed by atoms with Crippen LogP contribution in [0.2, 0.25) is 0 Å². The molecule has 0 rings (SSSR count). The van der Waals surface area contributed by atoms with Crippen molar-refractivity contribution >= 4 is 18.4 Å². The number of hydrogen-bond acceptors (Lipinski definition) is 6. The third-order valence-electron chi connectivity index (χ3n) is 7.39. The third-order valence-corrected chi connectivity index (χ3v) is 7.39. The second-order valence-corrected chi connectivity index (χ2v) is 11.7. The number of nitrogens with zero attached hydrogens (tertiary/aromatic N) is 2. The summed E-state index contributed by atoms with van der Waals surface area (Å²) >= 11 is 0. The number of carbonyl (C=O) groups excluding carboxylic acids is 1. The fourth-order valence-electron chi connectivity index (χ4n) is 4.74. The Labute approximate surface area is 266 Å². The number of unbranched alkanes of at least 4 members (excludes halogenated alkanes) is 16. The van der Waals surface area contributed by atoms with Gasteiger partial charge in [0.25, 0.3) is 0 Å². The molecule has 0 aliphatic heterocycles. The molecule has 0 aromatic carbocycles. The Hall–Kier alpha value is -2.11. The second kappa shape index (κ2) is 36.1. The van der Waals surface area contributed by atoms with E-state index in [1.807, 2.05) is 19.4 Å². The van der Waals surface area contributed by atoms with Gasteiger partial charge in [-0.25, -0.2) is 0 Å². The second-order valence-electron chi connectivity index (χ2n) is 11.7. The van der Waals surface area contributed by atoms with E-state index in [0.717, 1.165) is 70.6 Å². The van der Waals surface area contributed by atoms with Crippen molar-refractivity contribution in [3.8, 4) is 0 Å². The van der Waals surface area contributed by atoms with Gasteiger partial charge in [0.05, 0.1) is 0 Å². The van der Waals surface area contributed by atoms with Crippen molar-refractivity contribution in [2.24, 2.45) is 10.3 Å². The van der Waals surface area contributed by atoms with Crippen LogP contribution in [-0.4, -0.2) is 37.7 Å². The van der Waals surface area contributed by atoms with Gasteiger partial charge in [0, 0.05) is 18.9 Å². The maximum Gasteiger partial charge on any atom is 0.306 e. The molecule has 0 radical (unpaired) electrons. The van der Waals surface area contributed by atoms with Gasteiger partial charge in [0.2, 0.25) is 0 Å². The Bertz CT molecular complexity index is 642. The predicted octanol–water partition coefficient (Wildman–Crippen LogP) is 11.4. The van der Waals surface area contributed by atoms with Crippen molar-refractivity contribution in [3.63, 3.8) is 0 Å². The van der Waals surface area contributed by atoms with Crippen LogP contribution in [0.1, 0.15) is 175 Å². The standard InChI is InChI=1S/C37H68N2O4/c1-4-7-9-21-27-34-41-38-32-25-19-15-11-13-17-23-30-36(43-37(40)29-6-3)31-24-18-14-12-16-20-26-33-39-42-35-28-22-10-8-5-2/h21-22,27-28,32-33,36H,4-20,23-26,29-31,34-35H2,1-3H3/b27-21-,28-22-,38-32-,39-33-. The first-order valence-corrected chi connectivity index (χ1v) is 18.0. The van der Waals surface area contributed by atoms with Crippen LogP contribution in [-0.2, 0) is 19.2 Å². The summed E-state index contributed by atoms with van der Waals surface area (Å²) in [6.07, 6.45) is 39.4. The number of carbonyl (C=O) groups is 1. The van der Waals surface area contributed by atoms with E-state index in [1.165, 1.54) is 77.0 Å². The summed E-state index contributed by atoms with van der Waals surface area (Å²) in [5.74, 6) is -0.0242. The van der Waals surface area contributed by atoms with Crippen molar-refractivity contribution in [1.82, 2.24) is 0 Å². The first kappa shape index (κ1) is 40.9. The number of hydrogen-bond donors (Lipinski definition) is 0. The lowest BCUT2D eigenvalue weighted by molar-refractivity contribution is -0.149. The van der Waals surface area contributed by atoms with Crippen LogP contribution in [0.15, 0.2) is 34.6 Å². The van der Waals surface area contributed by atoms with Gasteiger partial charge in [-0.2, -0.15) is 0 Å². The average Bonchev–Trinajstić information content (AvgIpc) is 3.00. The SMILES string of the molecule is CCCC/C=C\CO/N=C\CCCCCCCCC(CCCCCCCC/C=N\OC/C=C\CCCC)OC(=O)CCC. The van der Waals surface area contributed by atoms with Crippen LogP contribution in [0.5, 0.6) is 0 Å². The minimum atomic E-state index is -0.0242. The van der Waals surface area contributed by atoms with Crippen molar-refractivity contribution in [3.05, 3.63) is 24.3 Å². The lowest BCUT2D eigenvalue weighted by Crippen LogP contribution is -2.18. The summed E-state index contributed by atoms with van der Waals surface area (Å²) in [5.41, 5.74) is 0. The quantitative estimate of drug-likeness (QED) is 0.0246. The topological polar surface area (TPSA) is 69.5 Å². The zero-order chi connectivity index (χ0) is 31.3. The number of allylic oxidation sites excluding steroid dienone is 2. The molecule has 0 atom stereocenters. The van der Waals surface area contributed by atoms with Crippen LogP contribution >= 0.6 is 0 Å². The number of rotatable bonds is 33. The number of esters is 1. The van der Waals surface area contributed by atoms with E-state index >= 15 is 0 Å². The first-order valence-electron chi connectivity index (χ1n) is 18.0. The smallest absolute Gasteiger partial charge is 0.306 e. The molecule has 0 saturated carbocycles. The van der Waals surface area contributed by atoms with E-state index in [4.69, 9.17) is 14.4 Å². The summed E-state index contributed by atoms with van der Waals surface area (Å²) in [7, 11) is 0. The van der Waals surface area contributed by atoms with E-state index < -0.39 is 0 Å². The average molecular weight is 605 g/mol. The van der Waals surface area contributed by atoms with Crippen molar-refractivity contribution in [2.75, 3.05) is 13.2 Å². The fourth-order valence-corrected chi connectivity index (χ4v) is 4.74. The van der Waals surface area contributed by atoms with Crippen LogP contribution in [0.4, 0.5) is 0 Å². The van der Waals surface area contributed by atoms with E-state index in [0.29, 0.717) is 19.6 Å². The number of oxime groups is 2. The minimum Gasteiger partial charge on any atom is -0.462 e. The molecule has 250 valence electrons. The lowest BCUT2D eigenvalue weighted by Gasteiger charge is -2.18. The van der Waals surface area contributed by atoms with E-state index in [9.17, 15) is 4.79 Å². The van der Waals surface area contributed by atoms with Gasteiger partial charge in [-0.15, -0.1) is 0 Å². The minimum absolute atomic E-state index is 0.0242. The summed E-state index contributed by atoms with van der Waals surface area (Å²) in [4.78, 5) is 22.7. The van der Waals surface area contributed by atoms with E-state index in [2.05, 4.69) is 48.5 Å². The van der Waals surface area contributed by atoms with Gasteiger partial charge in [-0.05, 0) is 82.8 Å². The van der Waals surface area contributed by atoms with E-state index in [-0.39, 0.29) is 12.1 Å². The van der Waals surface area contributed by atoms with Crippen molar-refractivity contribution in [2.45, 2.75) is 181 Å². The zero-order valence-corrected chi connectivity index (χ0v) is 28.5. The van der Waals surface area contributed by atoms with Gasteiger partial charge in [-0.1, -0.05) is 120 Å². The molecular weight excluding hydrogens is 536 g/mol. The fraction of sp³-hybridized carbons (Fsp3) is 0.811. The third kappa shape index (κ3) is 34.3. The highest BCUT2D eigenvalue weighted by atomic mass is 16.6. The molecule has 43 heavy (non-hydrogen) atoms. The van der Waals surface area contributed by atoms with Crippen molar-refractivity contribution in [1.29, 1.82) is 0 Å². The molecule has 0 bridgehead atoms. The Morgan fingerprint density at radius 1 is 0.535 bits per heavy atom. The van der Waals surface area contributed by atoms with Crippen LogP contribution < -0.4 is 0 Å². The van der Waals surface area contributed by atoms with Crippen LogP contribution in [0, 0.1) is 0 Å². The lowest BCUT2D eigenvalue weighted by atomic mass is 10.0. The Morgan fingerprint density at radius 2 is 0.977 bits per heavy atom. The molecule has 6 nitrogen and oxygen atoms in total. The number of ether oxygens (including phenoxy) is 1. The van der Waals surface area contributed by atoms with Crippen LogP contribution in [0.25, 0.3) is 0 Å². The summed E-state index contributed by atoms with van der Waals surface area (Å²) in [6, 6.07) is 0. The molecule has 0 aromatic heterocycles. The zero-order valence-electron chi connectivity index (χ0n) is 28.5. The molecule has 0 fully saturated rings. The Kier molecular flexibility index (Phi) is 34.3. The molecule has 0 aliphatic rings. The Balaban J connectivity index is 3.80. The highest BCUT2D eigenvalue weighted by Gasteiger charge is 2.13. The monoisotopic (exact) mass is 605 g/mol. The van der Waals surface area contributed by atoms with Gasteiger partial charge >= 0.3 is 5.97 Å². The molecule has 0 aliphatic carbocycles. The van der Waals surface area contributed by atoms with Crippen molar-refractivity contribution < 1.29 is 19.2 Å². The maximum atomic E-state index is 12.1. The maximum absolute atomic E-state index is 12.1. The molecule has 0 spiro atoms. The van der Waals surface area contributed by atoms with Crippen LogP contribution in [0.3, 0.4) is 0 Å². The molecule has 0 amide bonds. The normalized spacial score (nSPS) is 12.1. The van der Waals surface area contributed by atoms with Gasteiger partial charge in [0.15, 0.2) is 0 Å². The largest absolute Gasteiger partial charge is 0.462 e. The summed E-state index contributed by atoms with van der Waals surface area (Å²) < 4.78 is 5.84. The molecule has 0 heterocycles. The molecule has 6 heteroatoms. The molecule has 0 unspecified atom stereocenters. The highest BCUT2D eigenvalue weighted by Crippen LogP contribution is 2.18. The first-order chi connectivity index (χ1) is 21.2. The Morgan fingerprint density at radius 3 is 1.42 bits per heavy atom. The molecule has 0 N–H and O–H groups in total. The van der Waals surface area contributed by atoms with Gasteiger partial charge < -0.3 is 14.4 Å². The van der Waals surface area contributed by atoms with Gasteiger partial charge in [0.1, 0.15) is 19.3 Å². The van der Waals surface area contributed by atoms with E-state index in [1.54, 1.807) is 0 Å². The predicted molar refractivity (Wildman–Crippen MR) is 185 cm³/mol. The highest BCUT2D eigenvalue weighted by molar-refractivity contribution is 5.69. The summed E-state index contributed by atoms with van der Waals surface area (Å²) in [5, 5.41) is 8.07. The van der Waals surface area contributed by atoms with Gasteiger partial charge in [-0.3, -0.25) is 4.79 Å². The molecular formula is C37H68N2O4. The molecule has 0 aromatic rings.